The van der Waals surface area contributed by atoms with Gasteiger partial charge < -0.3 is 18.9 Å². The molecule has 13 heavy (non-hydrogen) atoms. The van der Waals surface area contributed by atoms with Crippen LogP contribution in [0, 0.1) is 0 Å². The molecule has 6 nitrogen and oxygen atoms in total. The SMILES string of the molecule is CCOC(=O)OCOC(=O)OCC. The topological polar surface area (TPSA) is 71.1 Å². The Hall–Kier alpha value is -1.46. The van der Waals surface area contributed by atoms with E-state index in [1.807, 2.05) is 0 Å². The number of carbonyl (C=O) groups excluding carboxylic acids is 2. The minimum absolute atomic E-state index is 0.207. The number of ether oxygens (including phenoxy) is 4. The van der Waals surface area contributed by atoms with Crippen molar-refractivity contribution < 1.29 is 28.5 Å². The van der Waals surface area contributed by atoms with E-state index in [9.17, 15) is 9.59 Å². The van der Waals surface area contributed by atoms with Crippen molar-refractivity contribution >= 4 is 12.3 Å². The van der Waals surface area contributed by atoms with Crippen molar-refractivity contribution in [1.82, 2.24) is 0 Å². The minimum Gasteiger partial charge on any atom is -0.435 e. The van der Waals surface area contributed by atoms with Gasteiger partial charge in [0.2, 0.25) is 6.79 Å². The van der Waals surface area contributed by atoms with Gasteiger partial charge in [-0.15, -0.1) is 0 Å². The Morgan fingerprint density at radius 2 is 1.23 bits per heavy atom. The molecule has 0 amide bonds. The van der Waals surface area contributed by atoms with E-state index in [4.69, 9.17) is 0 Å². The normalized spacial score (nSPS) is 8.77. The third kappa shape index (κ3) is 6.92. The molecule has 0 atom stereocenters. The van der Waals surface area contributed by atoms with E-state index < -0.39 is 19.1 Å². The summed E-state index contributed by atoms with van der Waals surface area (Å²) in [6, 6.07) is 0. The second kappa shape index (κ2) is 7.20. The molecule has 0 aliphatic carbocycles. The second-order valence-corrected chi connectivity index (χ2v) is 1.77. The van der Waals surface area contributed by atoms with Gasteiger partial charge in [0, 0.05) is 0 Å². The number of carbonyl (C=O) groups is 2. The predicted molar refractivity (Wildman–Crippen MR) is 41.1 cm³/mol. The summed E-state index contributed by atoms with van der Waals surface area (Å²) in [5, 5.41) is 0. The average Bonchev–Trinajstić information content (AvgIpc) is 2.05. The van der Waals surface area contributed by atoms with Crippen molar-refractivity contribution in [2.24, 2.45) is 0 Å². The summed E-state index contributed by atoms with van der Waals surface area (Å²) < 4.78 is 17.4. The van der Waals surface area contributed by atoms with E-state index in [2.05, 4.69) is 18.9 Å². The first-order valence-electron chi connectivity index (χ1n) is 3.79. The van der Waals surface area contributed by atoms with Crippen molar-refractivity contribution in [2.75, 3.05) is 20.0 Å². The molecule has 0 aliphatic rings. The lowest BCUT2D eigenvalue weighted by Gasteiger charge is -2.04. The summed E-state index contributed by atoms with van der Waals surface area (Å²) in [6.07, 6.45) is -1.77. The third-order valence-corrected chi connectivity index (χ3v) is 0.878. The van der Waals surface area contributed by atoms with Gasteiger partial charge in [0.15, 0.2) is 0 Å². The van der Waals surface area contributed by atoms with Gasteiger partial charge in [-0.1, -0.05) is 0 Å². The van der Waals surface area contributed by atoms with Gasteiger partial charge in [-0.3, -0.25) is 0 Å². The van der Waals surface area contributed by atoms with E-state index in [1.165, 1.54) is 0 Å². The number of hydrogen-bond donors (Lipinski definition) is 0. The maximum Gasteiger partial charge on any atom is 0.511 e. The lowest BCUT2D eigenvalue weighted by Crippen LogP contribution is -2.14. The van der Waals surface area contributed by atoms with Crippen LogP contribution in [0.4, 0.5) is 9.59 Å². The van der Waals surface area contributed by atoms with Gasteiger partial charge in [0.05, 0.1) is 13.2 Å². The molecule has 0 heterocycles. The largest absolute Gasteiger partial charge is 0.511 e. The predicted octanol–water partition coefficient (Wildman–Crippen LogP) is 1.29. The van der Waals surface area contributed by atoms with Crippen LogP contribution >= 0.6 is 0 Å². The molecule has 0 saturated carbocycles. The highest BCUT2D eigenvalue weighted by Gasteiger charge is 2.05. The second-order valence-electron chi connectivity index (χ2n) is 1.77. The molecule has 0 saturated heterocycles. The Bertz CT molecular complexity index is 148. The summed E-state index contributed by atoms with van der Waals surface area (Å²) in [7, 11) is 0. The number of hydrogen-bond acceptors (Lipinski definition) is 6. The maximum atomic E-state index is 10.5. The molecule has 0 unspecified atom stereocenters. The quantitative estimate of drug-likeness (QED) is 0.493. The molecule has 0 aromatic rings. The van der Waals surface area contributed by atoms with E-state index in [0.29, 0.717) is 0 Å². The van der Waals surface area contributed by atoms with Crippen molar-refractivity contribution in [3.8, 4) is 0 Å². The Morgan fingerprint density at radius 1 is 0.846 bits per heavy atom. The summed E-state index contributed by atoms with van der Waals surface area (Å²) in [5.74, 6) is 0. The van der Waals surface area contributed by atoms with Gasteiger partial charge in [0.25, 0.3) is 0 Å². The minimum atomic E-state index is -0.883. The highest BCUT2D eigenvalue weighted by molar-refractivity contribution is 5.61. The lowest BCUT2D eigenvalue weighted by molar-refractivity contribution is -0.0361. The fourth-order valence-corrected chi connectivity index (χ4v) is 0.445. The average molecular weight is 192 g/mol. The molecule has 76 valence electrons. The van der Waals surface area contributed by atoms with Crippen LogP contribution in [0.5, 0.6) is 0 Å². The molecule has 0 aromatic heterocycles. The fourth-order valence-electron chi connectivity index (χ4n) is 0.445. The molecule has 0 radical (unpaired) electrons. The molecule has 0 bridgehead atoms. The van der Waals surface area contributed by atoms with Gasteiger partial charge in [0.1, 0.15) is 0 Å². The maximum absolute atomic E-state index is 10.5. The Morgan fingerprint density at radius 3 is 1.54 bits per heavy atom. The lowest BCUT2D eigenvalue weighted by atomic mass is 10.9. The summed E-state index contributed by atoms with van der Waals surface area (Å²) in [5.41, 5.74) is 0. The van der Waals surface area contributed by atoms with Gasteiger partial charge >= 0.3 is 12.3 Å². The molecule has 6 heteroatoms. The van der Waals surface area contributed by atoms with E-state index >= 15 is 0 Å². The van der Waals surface area contributed by atoms with Gasteiger partial charge in [-0.05, 0) is 13.8 Å². The van der Waals surface area contributed by atoms with Crippen molar-refractivity contribution in [3.63, 3.8) is 0 Å². The molecule has 0 fully saturated rings. The molecule has 0 spiro atoms. The zero-order chi connectivity index (χ0) is 10.1. The molecule has 0 rings (SSSR count). The summed E-state index contributed by atoms with van der Waals surface area (Å²) >= 11 is 0. The van der Waals surface area contributed by atoms with Crippen LogP contribution in [0.2, 0.25) is 0 Å². The third-order valence-electron chi connectivity index (χ3n) is 0.878. The van der Waals surface area contributed by atoms with Crippen LogP contribution in [0.3, 0.4) is 0 Å². The molecular weight excluding hydrogens is 180 g/mol. The first kappa shape index (κ1) is 11.5. The van der Waals surface area contributed by atoms with E-state index in [1.54, 1.807) is 13.8 Å². The van der Waals surface area contributed by atoms with Crippen LogP contribution in [-0.4, -0.2) is 32.3 Å². The molecule has 0 N–H and O–H groups in total. The molecule has 0 aromatic carbocycles. The molecule has 0 aliphatic heterocycles. The van der Waals surface area contributed by atoms with Crippen molar-refractivity contribution in [2.45, 2.75) is 13.8 Å². The van der Waals surface area contributed by atoms with Crippen LogP contribution in [0.15, 0.2) is 0 Å². The van der Waals surface area contributed by atoms with Crippen molar-refractivity contribution in [3.05, 3.63) is 0 Å². The fraction of sp³-hybridized carbons (Fsp3) is 0.714. The highest BCUT2D eigenvalue weighted by Crippen LogP contribution is 1.89. The summed E-state index contributed by atoms with van der Waals surface area (Å²) in [4.78, 5) is 21.0. The highest BCUT2D eigenvalue weighted by atomic mass is 16.8. The molecular formula is C7H12O6. The van der Waals surface area contributed by atoms with Crippen LogP contribution in [0.25, 0.3) is 0 Å². The van der Waals surface area contributed by atoms with Crippen LogP contribution in [-0.2, 0) is 18.9 Å². The zero-order valence-corrected chi connectivity index (χ0v) is 7.57. The first-order valence-corrected chi connectivity index (χ1v) is 3.79. The van der Waals surface area contributed by atoms with Gasteiger partial charge in [-0.25, -0.2) is 9.59 Å². The Labute approximate surface area is 75.7 Å². The standard InChI is InChI=1S/C7H12O6/c1-3-10-6(8)12-5-13-7(9)11-4-2/h3-5H2,1-2H3. The van der Waals surface area contributed by atoms with Crippen LogP contribution < -0.4 is 0 Å². The van der Waals surface area contributed by atoms with Crippen LogP contribution in [0.1, 0.15) is 13.8 Å². The smallest absolute Gasteiger partial charge is 0.435 e. The van der Waals surface area contributed by atoms with Crippen molar-refractivity contribution in [1.29, 1.82) is 0 Å². The summed E-state index contributed by atoms with van der Waals surface area (Å²) in [6.45, 7) is 3.18. The monoisotopic (exact) mass is 192 g/mol. The Balaban J connectivity index is 3.33. The zero-order valence-electron chi connectivity index (χ0n) is 7.57. The number of rotatable bonds is 4. The van der Waals surface area contributed by atoms with E-state index in [-0.39, 0.29) is 13.2 Å². The Kier molecular flexibility index (Phi) is 6.39. The first-order chi connectivity index (χ1) is 6.20. The van der Waals surface area contributed by atoms with E-state index in [0.717, 1.165) is 0 Å². The van der Waals surface area contributed by atoms with Gasteiger partial charge in [-0.2, -0.15) is 0 Å².